The SMILES string of the molecule is Cc1cc(N=O)ccc1NCCN(CCNC=S)c1ccc(O)cc1. The molecule has 0 atom stereocenters. The first kappa shape index (κ1) is 18.7. The van der Waals surface area contributed by atoms with Crippen LogP contribution in [0.4, 0.5) is 17.1 Å². The first-order valence-corrected chi connectivity index (χ1v) is 8.50. The van der Waals surface area contributed by atoms with Crippen LogP contribution in [0.25, 0.3) is 0 Å². The van der Waals surface area contributed by atoms with Crippen LogP contribution in [-0.4, -0.2) is 36.8 Å². The molecule has 2 aromatic rings. The molecular weight excluding hydrogens is 336 g/mol. The molecule has 7 heteroatoms. The van der Waals surface area contributed by atoms with Crippen LogP contribution in [0, 0.1) is 11.8 Å². The Balaban J connectivity index is 1.97. The third kappa shape index (κ3) is 5.72. The summed E-state index contributed by atoms with van der Waals surface area (Å²) in [5.74, 6) is 0.248. The van der Waals surface area contributed by atoms with Gasteiger partial charge < -0.3 is 20.6 Å². The molecule has 132 valence electrons. The number of nitrogens with one attached hydrogen (secondary N) is 2. The predicted octanol–water partition coefficient (Wildman–Crippen LogP) is 3.56. The molecule has 25 heavy (non-hydrogen) atoms. The molecular formula is C18H22N4O2S. The zero-order valence-electron chi connectivity index (χ0n) is 14.1. The van der Waals surface area contributed by atoms with Crippen LogP contribution in [0.1, 0.15) is 5.56 Å². The van der Waals surface area contributed by atoms with E-state index in [1.807, 2.05) is 25.1 Å². The number of hydrogen-bond acceptors (Lipinski definition) is 6. The third-order valence-electron chi connectivity index (χ3n) is 3.84. The van der Waals surface area contributed by atoms with Crippen molar-refractivity contribution >= 4 is 34.8 Å². The molecule has 2 rings (SSSR count). The van der Waals surface area contributed by atoms with Gasteiger partial charge in [-0.2, -0.15) is 0 Å². The average molecular weight is 358 g/mol. The number of hydrogen-bond donors (Lipinski definition) is 3. The average Bonchev–Trinajstić information content (AvgIpc) is 2.62. The topological polar surface area (TPSA) is 77.0 Å². The Kier molecular flexibility index (Phi) is 7.16. The van der Waals surface area contributed by atoms with Crippen molar-refractivity contribution < 1.29 is 5.11 Å². The quantitative estimate of drug-likeness (QED) is 0.342. The normalized spacial score (nSPS) is 10.1. The van der Waals surface area contributed by atoms with Crippen LogP contribution in [0.2, 0.25) is 0 Å². The van der Waals surface area contributed by atoms with Gasteiger partial charge in [-0.1, -0.05) is 12.2 Å². The summed E-state index contributed by atoms with van der Waals surface area (Å²) in [4.78, 5) is 12.8. The lowest BCUT2D eigenvalue weighted by Crippen LogP contribution is -2.35. The smallest absolute Gasteiger partial charge is 0.115 e. The number of rotatable bonds is 10. The summed E-state index contributed by atoms with van der Waals surface area (Å²) in [7, 11) is 0. The van der Waals surface area contributed by atoms with Crippen LogP contribution < -0.4 is 15.5 Å². The molecule has 0 aliphatic heterocycles. The minimum Gasteiger partial charge on any atom is -0.508 e. The molecule has 2 aromatic carbocycles. The van der Waals surface area contributed by atoms with Crippen LogP contribution in [-0.2, 0) is 0 Å². The summed E-state index contributed by atoms with van der Waals surface area (Å²) < 4.78 is 0. The van der Waals surface area contributed by atoms with Gasteiger partial charge in [-0.15, -0.1) is 4.91 Å². The second-order valence-electron chi connectivity index (χ2n) is 5.59. The molecule has 0 saturated heterocycles. The van der Waals surface area contributed by atoms with E-state index in [0.29, 0.717) is 5.69 Å². The predicted molar refractivity (Wildman–Crippen MR) is 107 cm³/mol. The summed E-state index contributed by atoms with van der Waals surface area (Å²) in [5, 5.41) is 18.8. The number of thiocarbonyl (C=S) groups is 1. The molecule has 0 fully saturated rings. The molecule has 0 radical (unpaired) electrons. The Hall–Kier alpha value is -2.67. The molecule has 0 aliphatic rings. The maximum atomic E-state index is 10.6. The van der Waals surface area contributed by atoms with Crippen LogP contribution in [0.3, 0.4) is 0 Å². The summed E-state index contributed by atoms with van der Waals surface area (Å²) >= 11 is 4.79. The minimum absolute atomic E-state index is 0.248. The zero-order valence-corrected chi connectivity index (χ0v) is 14.9. The van der Waals surface area contributed by atoms with E-state index in [1.54, 1.807) is 24.3 Å². The van der Waals surface area contributed by atoms with Gasteiger partial charge in [0.05, 0.1) is 5.49 Å². The summed E-state index contributed by atoms with van der Waals surface area (Å²) in [6.07, 6.45) is 0. The highest BCUT2D eigenvalue weighted by atomic mass is 32.1. The molecule has 0 spiro atoms. The second-order valence-corrected chi connectivity index (χ2v) is 5.83. The highest BCUT2D eigenvalue weighted by molar-refractivity contribution is 7.78. The third-order valence-corrected chi connectivity index (χ3v) is 4.00. The molecule has 0 unspecified atom stereocenters. The van der Waals surface area contributed by atoms with E-state index < -0.39 is 0 Å². The van der Waals surface area contributed by atoms with Crippen molar-refractivity contribution in [2.75, 3.05) is 36.4 Å². The number of nitrogens with zero attached hydrogens (tertiary/aromatic N) is 2. The fraction of sp³-hybridized carbons (Fsp3) is 0.278. The lowest BCUT2D eigenvalue weighted by molar-refractivity contribution is 0.475. The highest BCUT2D eigenvalue weighted by Crippen LogP contribution is 2.22. The zero-order chi connectivity index (χ0) is 18.1. The first-order valence-electron chi connectivity index (χ1n) is 8.03. The highest BCUT2D eigenvalue weighted by Gasteiger charge is 2.07. The van der Waals surface area contributed by atoms with Crippen molar-refractivity contribution in [1.82, 2.24) is 5.32 Å². The van der Waals surface area contributed by atoms with E-state index in [9.17, 15) is 10.0 Å². The number of benzene rings is 2. The molecule has 3 N–H and O–H groups in total. The van der Waals surface area contributed by atoms with Crippen LogP contribution >= 0.6 is 12.2 Å². The molecule has 0 saturated carbocycles. The van der Waals surface area contributed by atoms with Crippen molar-refractivity contribution in [3.05, 3.63) is 52.9 Å². The summed E-state index contributed by atoms with van der Waals surface area (Å²) in [6, 6.07) is 12.5. The summed E-state index contributed by atoms with van der Waals surface area (Å²) in [5.41, 5.74) is 4.94. The van der Waals surface area contributed by atoms with E-state index >= 15 is 0 Å². The van der Waals surface area contributed by atoms with Gasteiger partial charge in [0.1, 0.15) is 11.4 Å². The van der Waals surface area contributed by atoms with E-state index in [-0.39, 0.29) is 5.75 Å². The molecule has 6 nitrogen and oxygen atoms in total. The van der Waals surface area contributed by atoms with Gasteiger partial charge in [0.15, 0.2) is 0 Å². The Bertz CT molecular complexity index is 707. The Labute approximate surface area is 152 Å². The molecule has 0 heterocycles. The van der Waals surface area contributed by atoms with Crippen molar-refractivity contribution in [3.63, 3.8) is 0 Å². The van der Waals surface area contributed by atoms with E-state index in [2.05, 4.69) is 20.7 Å². The second kappa shape index (κ2) is 9.58. The van der Waals surface area contributed by atoms with Gasteiger partial charge in [-0.3, -0.25) is 0 Å². The Morgan fingerprint density at radius 3 is 2.52 bits per heavy atom. The van der Waals surface area contributed by atoms with Gasteiger partial charge in [-0.05, 0) is 60.1 Å². The number of phenolic OH excluding ortho intramolecular Hbond substituents is 1. The summed E-state index contributed by atoms with van der Waals surface area (Å²) in [6.45, 7) is 4.97. The van der Waals surface area contributed by atoms with E-state index in [4.69, 9.17) is 12.2 Å². The monoisotopic (exact) mass is 358 g/mol. The van der Waals surface area contributed by atoms with Crippen molar-refractivity contribution in [1.29, 1.82) is 0 Å². The van der Waals surface area contributed by atoms with Gasteiger partial charge >= 0.3 is 0 Å². The number of nitroso groups, excluding NO2 is 1. The largest absolute Gasteiger partial charge is 0.508 e. The standard InChI is InChI=1S/C18H22N4O2S/c1-14-12-15(21-24)2-7-18(14)20-9-11-22(10-8-19-13-25)16-3-5-17(23)6-4-16/h2-7,12-13,20,23H,8-11H2,1H3,(H,19,25). The first-order chi connectivity index (χ1) is 12.1. The number of aromatic hydroxyl groups is 1. The van der Waals surface area contributed by atoms with E-state index in [1.165, 1.54) is 5.49 Å². The lowest BCUT2D eigenvalue weighted by Gasteiger charge is -2.25. The van der Waals surface area contributed by atoms with Crippen molar-refractivity contribution in [2.24, 2.45) is 5.18 Å². The fourth-order valence-electron chi connectivity index (χ4n) is 2.52. The molecule has 0 amide bonds. The number of anilines is 2. The van der Waals surface area contributed by atoms with Crippen LogP contribution in [0.5, 0.6) is 5.75 Å². The van der Waals surface area contributed by atoms with Gasteiger partial charge in [0.25, 0.3) is 0 Å². The molecule has 0 aromatic heterocycles. The Morgan fingerprint density at radius 2 is 1.88 bits per heavy atom. The molecule has 0 bridgehead atoms. The fourth-order valence-corrected chi connectivity index (χ4v) is 2.64. The van der Waals surface area contributed by atoms with Crippen LogP contribution in [0.15, 0.2) is 47.6 Å². The number of aryl methyl sites for hydroxylation is 1. The van der Waals surface area contributed by atoms with E-state index in [0.717, 1.165) is 43.1 Å². The van der Waals surface area contributed by atoms with Gasteiger partial charge in [0.2, 0.25) is 0 Å². The maximum Gasteiger partial charge on any atom is 0.115 e. The van der Waals surface area contributed by atoms with Crippen molar-refractivity contribution in [2.45, 2.75) is 6.92 Å². The number of phenols is 1. The lowest BCUT2D eigenvalue weighted by atomic mass is 10.2. The van der Waals surface area contributed by atoms with Crippen molar-refractivity contribution in [3.8, 4) is 5.75 Å². The molecule has 0 aliphatic carbocycles. The Morgan fingerprint density at radius 1 is 1.16 bits per heavy atom. The maximum absolute atomic E-state index is 10.6. The van der Waals surface area contributed by atoms with Gasteiger partial charge in [0, 0.05) is 37.6 Å². The van der Waals surface area contributed by atoms with Gasteiger partial charge in [-0.25, -0.2) is 0 Å². The minimum atomic E-state index is 0.248.